The Morgan fingerprint density at radius 2 is 1.85 bits per heavy atom. The van der Waals surface area contributed by atoms with Crippen molar-refractivity contribution in [3.05, 3.63) is 36.0 Å². The average molecular weight is 181 g/mol. The third-order valence-corrected chi connectivity index (χ3v) is 1.63. The topological polar surface area (TPSA) is 15.8 Å². The largest absolute Gasteiger partial charge is 0.359 e. The van der Waals surface area contributed by atoms with E-state index in [1.54, 1.807) is 6.20 Å². The highest BCUT2D eigenvalue weighted by Crippen LogP contribution is 1.88. The molecule has 1 rings (SSSR count). The van der Waals surface area contributed by atoms with E-state index in [1.807, 2.05) is 19.9 Å². The Morgan fingerprint density at radius 3 is 2.15 bits per heavy atom. The molecule has 0 atom stereocenters. The van der Waals surface area contributed by atoms with Crippen LogP contribution in [0.2, 0.25) is 0 Å². The first-order valence-corrected chi connectivity index (χ1v) is 4.10. The molecule has 1 aromatic heterocycles. The zero-order valence-electron chi connectivity index (χ0n) is 8.45. The number of nitrogens with one attached hydrogen (secondary N) is 1. The Hall–Kier alpha value is -1.31. The second-order valence-corrected chi connectivity index (χ2v) is 2.80. The van der Waals surface area contributed by atoms with Crippen molar-refractivity contribution in [3.63, 3.8) is 0 Å². The molecule has 0 spiro atoms. The van der Waals surface area contributed by atoms with Crippen LogP contribution in [0.4, 0.5) is 4.39 Å². The molecule has 0 fully saturated rings. The predicted molar refractivity (Wildman–Crippen MR) is 56.2 cm³/mol. The first-order valence-electron chi connectivity index (χ1n) is 4.10. The maximum absolute atomic E-state index is 12.8. The minimum Gasteiger partial charge on any atom is -0.359 e. The van der Waals surface area contributed by atoms with E-state index in [0.29, 0.717) is 5.35 Å². The summed E-state index contributed by atoms with van der Waals surface area (Å²) in [5, 5.41) is 1.56. The van der Waals surface area contributed by atoms with E-state index in [9.17, 15) is 4.39 Å². The lowest BCUT2D eigenvalue weighted by Gasteiger charge is -1.85. The van der Waals surface area contributed by atoms with Crippen molar-refractivity contribution in [2.45, 2.75) is 20.8 Å². The number of hydrogen-bond donors (Lipinski definition) is 1. The van der Waals surface area contributed by atoms with Crippen LogP contribution in [-0.4, -0.2) is 4.98 Å². The molecule has 1 heterocycles. The van der Waals surface area contributed by atoms with Crippen molar-refractivity contribution in [1.82, 2.24) is 4.98 Å². The molecule has 1 aromatic rings. The van der Waals surface area contributed by atoms with Gasteiger partial charge in [0, 0.05) is 11.4 Å². The third-order valence-electron chi connectivity index (χ3n) is 1.63. The molecule has 0 saturated heterocycles. The van der Waals surface area contributed by atoms with Crippen LogP contribution in [0, 0.1) is 0 Å². The van der Waals surface area contributed by atoms with Gasteiger partial charge in [0.05, 0.1) is 5.35 Å². The van der Waals surface area contributed by atoms with Crippen LogP contribution < -0.4 is 10.6 Å². The predicted octanol–water partition coefficient (Wildman–Crippen LogP) is 2.10. The summed E-state index contributed by atoms with van der Waals surface area (Å²) in [6.07, 6.45) is 1.75. The summed E-state index contributed by atoms with van der Waals surface area (Å²) in [4.78, 5) is 2.85. The molecule has 0 amide bonds. The number of hydrogen-bond acceptors (Lipinski definition) is 0. The average Bonchev–Trinajstić information content (AvgIpc) is 2.55. The molecule has 0 aromatic carbocycles. The standard InChI is InChI=1S/C9H12FN.C2H4/c1-6(2)8-4-5-11-9(8)7(3)10;1-2/h4-5,11H,1-3H3;1-2H2/b9-7-;. The highest BCUT2D eigenvalue weighted by atomic mass is 19.1. The number of rotatable bonds is 0. The molecule has 0 bridgehead atoms. The van der Waals surface area contributed by atoms with Crippen molar-refractivity contribution >= 4 is 11.4 Å². The van der Waals surface area contributed by atoms with E-state index in [0.717, 1.165) is 10.8 Å². The summed E-state index contributed by atoms with van der Waals surface area (Å²) in [7, 11) is 0. The van der Waals surface area contributed by atoms with Gasteiger partial charge in [0.25, 0.3) is 0 Å². The fourth-order valence-corrected chi connectivity index (χ4v) is 1.07. The maximum Gasteiger partial charge on any atom is 0.121 e. The Kier molecular flexibility index (Phi) is 4.82. The number of aromatic amines is 1. The minimum absolute atomic E-state index is 0.161. The lowest BCUT2D eigenvalue weighted by molar-refractivity contribution is 0.735. The van der Waals surface area contributed by atoms with E-state index in [2.05, 4.69) is 18.1 Å². The summed E-state index contributed by atoms with van der Waals surface area (Å²) in [6.45, 7) is 11.4. The van der Waals surface area contributed by atoms with Gasteiger partial charge in [0.15, 0.2) is 0 Å². The summed E-state index contributed by atoms with van der Waals surface area (Å²) >= 11 is 0. The van der Waals surface area contributed by atoms with Crippen LogP contribution in [0.25, 0.3) is 11.4 Å². The second-order valence-electron chi connectivity index (χ2n) is 2.80. The number of aromatic nitrogens is 1. The molecular formula is C11H16FN. The number of H-pyrrole nitrogens is 1. The first kappa shape index (κ1) is 11.7. The normalized spacial score (nSPS) is 11.4. The molecular weight excluding hydrogens is 165 g/mol. The molecule has 2 heteroatoms. The zero-order chi connectivity index (χ0) is 10.4. The molecule has 0 saturated carbocycles. The lowest BCUT2D eigenvalue weighted by Crippen LogP contribution is -2.24. The van der Waals surface area contributed by atoms with Gasteiger partial charge in [-0.25, -0.2) is 4.39 Å². The SMILES string of the molecule is C=C.CC(C)=c1cc[nH]/c1=C(/C)F. The van der Waals surface area contributed by atoms with E-state index < -0.39 is 0 Å². The molecule has 13 heavy (non-hydrogen) atoms. The van der Waals surface area contributed by atoms with Crippen LogP contribution >= 0.6 is 0 Å². The molecule has 1 nitrogen and oxygen atoms in total. The summed E-state index contributed by atoms with van der Waals surface area (Å²) in [6, 6.07) is 1.88. The van der Waals surface area contributed by atoms with Gasteiger partial charge in [0.1, 0.15) is 5.83 Å². The van der Waals surface area contributed by atoms with Gasteiger partial charge < -0.3 is 4.98 Å². The van der Waals surface area contributed by atoms with Crippen LogP contribution in [-0.2, 0) is 0 Å². The monoisotopic (exact) mass is 181 g/mol. The van der Waals surface area contributed by atoms with E-state index in [4.69, 9.17) is 0 Å². The summed E-state index contributed by atoms with van der Waals surface area (Å²) in [5.41, 5.74) is 1.12. The fourth-order valence-electron chi connectivity index (χ4n) is 1.07. The van der Waals surface area contributed by atoms with E-state index in [-0.39, 0.29) is 5.83 Å². The quantitative estimate of drug-likeness (QED) is 0.590. The van der Waals surface area contributed by atoms with Crippen molar-refractivity contribution in [2.75, 3.05) is 0 Å². The van der Waals surface area contributed by atoms with Crippen molar-refractivity contribution < 1.29 is 4.39 Å². The molecule has 0 radical (unpaired) electrons. The molecule has 0 aliphatic rings. The van der Waals surface area contributed by atoms with Gasteiger partial charge in [-0.2, -0.15) is 0 Å². The molecule has 72 valence electrons. The molecule has 1 N–H and O–H groups in total. The van der Waals surface area contributed by atoms with Crippen LogP contribution in [0.5, 0.6) is 0 Å². The Bertz CT molecular complexity index is 331. The lowest BCUT2D eigenvalue weighted by atomic mass is 10.2. The Morgan fingerprint density at radius 1 is 1.31 bits per heavy atom. The van der Waals surface area contributed by atoms with Gasteiger partial charge >= 0.3 is 0 Å². The van der Waals surface area contributed by atoms with Gasteiger partial charge in [-0.3, -0.25) is 0 Å². The third kappa shape index (κ3) is 2.90. The summed E-state index contributed by atoms with van der Waals surface area (Å²) < 4.78 is 12.8. The Balaban J connectivity index is 0.000000671. The highest BCUT2D eigenvalue weighted by Gasteiger charge is 1.92. The molecule has 0 unspecified atom stereocenters. The fraction of sp³-hybridized carbons (Fsp3) is 0.273. The zero-order valence-corrected chi connectivity index (χ0v) is 8.45. The second kappa shape index (κ2) is 5.36. The van der Waals surface area contributed by atoms with Crippen LogP contribution in [0.3, 0.4) is 0 Å². The molecule has 0 aliphatic carbocycles. The molecule has 0 aliphatic heterocycles. The smallest absolute Gasteiger partial charge is 0.121 e. The summed E-state index contributed by atoms with van der Waals surface area (Å²) in [5.74, 6) is -0.161. The van der Waals surface area contributed by atoms with Gasteiger partial charge in [-0.05, 0) is 26.8 Å². The maximum atomic E-state index is 12.8. The Labute approximate surface area is 78.3 Å². The van der Waals surface area contributed by atoms with Crippen LogP contribution in [0.15, 0.2) is 25.4 Å². The van der Waals surface area contributed by atoms with Gasteiger partial charge in [-0.15, -0.1) is 13.2 Å². The van der Waals surface area contributed by atoms with Crippen molar-refractivity contribution in [1.29, 1.82) is 0 Å². The van der Waals surface area contributed by atoms with Crippen LogP contribution in [0.1, 0.15) is 20.8 Å². The van der Waals surface area contributed by atoms with Crippen molar-refractivity contribution in [3.8, 4) is 0 Å². The van der Waals surface area contributed by atoms with Gasteiger partial charge in [0.2, 0.25) is 0 Å². The van der Waals surface area contributed by atoms with E-state index >= 15 is 0 Å². The van der Waals surface area contributed by atoms with Gasteiger partial charge in [-0.1, -0.05) is 5.57 Å². The highest BCUT2D eigenvalue weighted by molar-refractivity contribution is 5.41. The van der Waals surface area contributed by atoms with Crippen molar-refractivity contribution in [2.24, 2.45) is 0 Å². The minimum atomic E-state index is -0.161. The number of halogens is 1. The first-order chi connectivity index (χ1) is 6.13. The van der Waals surface area contributed by atoms with E-state index in [1.165, 1.54) is 6.92 Å².